The van der Waals surface area contributed by atoms with Crippen LogP contribution in [0.5, 0.6) is 11.5 Å². The number of nitrogens with one attached hydrogen (secondary N) is 1. The highest BCUT2D eigenvalue weighted by atomic mass is 35.5. The summed E-state index contributed by atoms with van der Waals surface area (Å²) in [7, 11) is 5.15. The summed E-state index contributed by atoms with van der Waals surface area (Å²) in [6.45, 7) is 1.05. The van der Waals surface area contributed by atoms with Crippen molar-refractivity contribution in [1.29, 1.82) is 0 Å². The molecule has 0 unspecified atom stereocenters. The molecule has 0 aliphatic heterocycles. The number of benzene rings is 2. The fraction of sp³-hybridized carbons (Fsp3) is 0.316. The van der Waals surface area contributed by atoms with Gasteiger partial charge in [-0.1, -0.05) is 23.7 Å². The van der Waals surface area contributed by atoms with Crippen LogP contribution >= 0.6 is 11.6 Å². The van der Waals surface area contributed by atoms with E-state index in [4.69, 9.17) is 21.1 Å². The van der Waals surface area contributed by atoms with Gasteiger partial charge in [0.2, 0.25) is 5.91 Å². The molecule has 2 aromatic rings. The summed E-state index contributed by atoms with van der Waals surface area (Å²) < 4.78 is 10.5. The van der Waals surface area contributed by atoms with Crippen LogP contribution < -0.4 is 14.8 Å². The molecular weight excluding hydrogens is 340 g/mol. The molecule has 6 heteroatoms. The Labute approximate surface area is 153 Å². The predicted molar refractivity (Wildman–Crippen MR) is 101 cm³/mol. The minimum atomic E-state index is -0.0721. The Morgan fingerprint density at radius 2 is 1.88 bits per heavy atom. The van der Waals surface area contributed by atoms with Crippen molar-refractivity contribution in [2.45, 2.75) is 6.42 Å². The molecule has 0 aliphatic rings. The number of rotatable bonds is 8. The van der Waals surface area contributed by atoms with Gasteiger partial charge in [0, 0.05) is 17.3 Å². The lowest BCUT2D eigenvalue weighted by molar-refractivity contribution is -0.117. The van der Waals surface area contributed by atoms with Crippen LogP contribution in [0.3, 0.4) is 0 Å². The molecule has 0 atom stereocenters. The molecule has 1 N–H and O–H groups in total. The molecule has 0 fully saturated rings. The van der Waals surface area contributed by atoms with E-state index in [-0.39, 0.29) is 5.91 Å². The van der Waals surface area contributed by atoms with Crippen LogP contribution in [-0.4, -0.2) is 45.2 Å². The van der Waals surface area contributed by atoms with E-state index in [0.717, 1.165) is 18.5 Å². The van der Waals surface area contributed by atoms with Crippen LogP contribution in [0.15, 0.2) is 42.5 Å². The maximum Gasteiger partial charge on any atom is 0.238 e. The molecule has 5 nitrogen and oxygen atoms in total. The van der Waals surface area contributed by atoms with Gasteiger partial charge in [0.25, 0.3) is 0 Å². The van der Waals surface area contributed by atoms with E-state index in [1.807, 2.05) is 36.2 Å². The number of carbonyl (C=O) groups is 1. The van der Waals surface area contributed by atoms with Crippen LogP contribution in [0.25, 0.3) is 0 Å². The number of halogens is 1. The SMILES string of the molecule is COc1ccc(CCN(C)CC(=O)Nc2cccc(Cl)c2)cc1OC. The van der Waals surface area contributed by atoms with Crippen molar-refractivity contribution in [3.05, 3.63) is 53.1 Å². The number of nitrogens with zero attached hydrogens (tertiary/aromatic N) is 1. The first kappa shape index (κ1) is 19.1. The summed E-state index contributed by atoms with van der Waals surface area (Å²) in [5.74, 6) is 1.35. The van der Waals surface area contributed by atoms with Gasteiger partial charge in [0.05, 0.1) is 20.8 Å². The first-order chi connectivity index (χ1) is 12.0. The monoisotopic (exact) mass is 362 g/mol. The summed E-state index contributed by atoms with van der Waals surface area (Å²) in [5.41, 5.74) is 1.82. The Kier molecular flexibility index (Phi) is 7.10. The highest BCUT2D eigenvalue weighted by Gasteiger charge is 2.09. The molecule has 0 saturated heterocycles. The number of carbonyl (C=O) groups excluding carboxylic acids is 1. The molecule has 2 rings (SSSR count). The lowest BCUT2D eigenvalue weighted by Crippen LogP contribution is -2.31. The molecule has 25 heavy (non-hydrogen) atoms. The lowest BCUT2D eigenvalue weighted by atomic mass is 10.1. The Bertz CT molecular complexity index is 722. The molecule has 1 amide bonds. The maximum absolute atomic E-state index is 12.1. The van der Waals surface area contributed by atoms with Crippen LogP contribution in [0, 0.1) is 0 Å². The zero-order valence-electron chi connectivity index (χ0n) is 14.7. The van der Waals surface area contributed by atoms with Gasteiger partial charge in [-0.2, -0.15) is 0 Å². The molecule has 0 spiro atoms. The third-order valence-corrected chi connectivity index (χ3v) is 3.99. The third kappa shape index (κ3) is 5.96. The molecule has 0 heterocycles. The summed E-state index contributed by atoms with van der Waals surface area (Å²) in [4.78, 5) is 14.1. The first-order valence-electron chi connectivity index (χ1n) is 7.96. The van der Waals surface area contributed by atoms with Gasteiger partial charge in [-0.3, -0.25) is 9.69 Å². The highest BCUT2D eigenvalue weighted by Crippen LogP contribution is 2.27. The minimum Gasteiger partial charge on any atom is -0.493 e. The quantitative estimate of drug-likeness (QED) is 0.781. The minimum absolute atomic E-state index is 0.0721. The van der Waals surface area contributed by atoms with E-state index in [1.54, 1.807) is 32.4 Å². The molecule has 0 aliphatic carbocycles. The number of likely N-dealkylation sites (N-methyl/N-ethyl adjacent to an activating group) is 1. The molecule has 0 bridgehead atoms. The van der Waals surface area contributed by atoms with Crippen molar-refractivity contribution >= 4 is 23.2 Å². The first-order valence-corrected chi connectivity index (χ1v) is 8.34. The fourth-order valence-electron chi connectivity index (χ4n) is 2.45. The molecule has 2 aromatic carbocycles. The summed E-state index contributed by atoms with van der Waals surface area (Å²) in [6.07, 6.45) is 0.807. The number of methoxy groups -OCH3 is 2. The van der Waals surface area contributed by atoms with Crippen LogP contribution in [-0.2, 0) is 11.2 Å². The van der Waals surface area contributed by atoms with Gasteiger partial charge < -0.3 is 14.8 Å². The number of hydrogen-bond donors (Lipinski definition) is 1. The topological polar surface area (TPSA) is 50.8 Å². The lowest BCUT2D eigenvalue weighted by Gasteiger charge is -2.17. The maximum atomic E-state index is 12.1. The zero-order valence-corrected chi connectivity index (χ0v) is 15.5. The van der Waals surface area contributed by atoms with Gasteiger partial charge in [0.1, 0.15) is 0 Å². The Balaban J connectivity index is 1.84. The molecule has 0 aromatic heterocycles. The standard InChI is InChI=1S/C19H23ClN2O3/c1-22(13-19(23)21-16-6-4-5-15(20)12-16)10-9-14-7-8-17(24-2)18(11-14)25-3/h4-8,11-12H,9-10,13H2,1-3H3,(H,21,23). The van der Waals surface area contributed by atoms with Crippen LogP contribution in [0.2, 0.25) is 5.02 Å². The van der Waals surface area contributed by atoms with Crippen molar-refractivity contribution in [2.24, 2.45) is 0 Å². The van der Waals surface area contributed by atoms with Crippen molar-refractivity contribution in [3.63, 3.8) is 0 Å². The normalized spacial score (nSPS) is 10.6. The van der Waals surface area contributed by atoms with Gasteiger partial charge >= 0.3 is 0 Å². The molecule has 0 saturated carbocycles. The molecular formula is C19H23ClN2O3. The fourth-order valence-corrected chi connectivity index (χ4v) is 2.64. The van der Waals surface area contributed by atoms with E-state index < -0.39 is 0 Å². The number of ether oxygens (including phenoxy) is 2. The number of anilines is 1. The van der Waals surface area contributed by atoms with Gasteiger partial charge in [-0.25, -0.2) is 0 Å². The van der Waals surface area contributed by atoms with Crippen molar-refractivity contribution in [2.75, 3.05) is 39.7 Å². The van der Waals surface area contributed by atoms with E-state index >= 15 is 0 Å². The smallest absolute Gasteiger partial charge is 0.238 e. The average molecular weight is 363 g/mol. The van der Waals surface area contributed by atoms with Crippen LogP contribution in [0.4, 0.5) is 5.69 Å². The van der Waals surface area contributed by atoms with Crippen LogP contribution in [0.1, 0.15) is 5.56 Å². The zero-order chi connectivity index (χ0) is 18.2. The second-order valence-corrected chi connectivity index (χ2v) is 6.17. The summed E-state index contributed by atoms with van der Waals surface area (Å²) >= 11 is 5.92. The summed E-state index contributed by atoms with van der Waals surface area (Å²) in [6, 6.07) is 13.0. The Hall–Kier alpha value is -2.24. The van der Waals surface area contributed by atoms with E-state index in [1.165, 1.54) is 0 Å². The van der Waals surface area contributed by atoms with Crippen molar-refractivity contribution in [3.8, 4) is 11.5 Å². The largest absolute Gasteiger partial charge is 0.493 e. The van der Waals surface area contributed by atoms with E-state index in [9.17, 15) is 4.79 Å². The Morgan fingerprint density at radius 1 is 1.12 bits per heavy atom. The van der Waals surface area contributed by atoms with E-state index in [0.29, 0.717) is 28.8 Å². The predicted octanol–water partition coefficient (Wildman–Crippen LogP) is 3.47. The van der Waals surface area contributed by atoms with Crippen molar-refractivity contribution < 1.29 is 14.3 Å². The Morgan fingerprint density at radius 3 is 2.56 bits per heavy atom. The average Bonchev–Trinajstić information content (AvgIpc) is 2.59. The summed E-state index contributed by atoms with van der Waals surface area (Å²) in [5, 5.41) is 3.44. The molecule has 0 radical (unpaired) electrons. The van der Waals surface area contributed by atoms with E-state index in [2.05, 4.69) is 5.32 Å². The second-order valence-electron chi connectivity index (χ2n) is 5.74. The third-order valence-electron chi connectivity index (χ3n) is 3.75. The van der Waals surface area contributed by atoms with Gasteiger partial charge in [-0.15, -0.1) is 0 Å². The highest BCUT2D eigenvalue weighted by molar-refractivity contribution is 6.30. The van der Waals surface area contributed by atoms with Gasteiger partial charge in [0.15, 0.2) is 11.5 Å². The molecule has 134 valence electrons. The van der Waals surface area contributed by atoms with Crippen molar-refractivity contribution in [1.82, 2.24) is 4.90 Å². The second kappa shape index (κ2) is 9.30. The number of hydrogen-bond acceptors (Lipinski definition) is 4. The number of amides is 1. The van der Waals surface area contributed by atoms with Gasteiger partial charge in [-0.05, 0) is 49.4 Å².